The zero-order chi connectivity index (χ0) is 19.0. The zero-order valence-electron chi connectivity index (χ0n) is 16.9. The number of carbonyl (C=O) groups excluding carboxylic acids is 1. The first-order chi connectivity index (χ1) is 13.8. The summed E-state index contributed by atoms with van der Waals surface area (Å²) < 4.78 is 11.3. The molecule has 1 aliphatic heterocycles. The van der Waals surface area contributed by atoms with E-state index in [9.17, 15) is 4.79 Å². The normalized spacial score (nSPS) is 32.1. The van der Waals surface area contributed by atoms with Crippen molar-refractivity contribution in [2.45, 2.75) is 82.1 Å². The monoisotopic (exact) mass is 383 g/mol. The second kappa shape index (κ2) is 7.70. The molecule has 3 fully saturated rings. The van der Waals surface area contributed by atoms with E-state index in [0.29, 0.717) is 11.5 Å². The number of hydrogen-bond donors (Lipinski definition) is 1. The Morgan fingerprint density at radius 2 is 1.93 bits per heavy atom. The van der Waals surface area contributed by atoms with E-state index in [1.54, 1.807) is 0 Å². The Balaban J connectivity index is 1.28. The van der Waals surface area contributed by atoms with Crippen LogP contribution in [0.4, 0.5) is 0 Å². The van der Waals surface area contributed by atoms with Gasteiger partial charge in [0.25, 0.3) is 0 Å². The molecule has 3 aliphatic carbocycles. The first-order valence-corrected chi connectivity index (χ1v) is 11.4. The summed E-state index contributed by atoms with van der Waals surface area (Å²) in [5.41, 5.74) is 3.34. The van der Waals surface area contributed by atoms with Crippen LogP contribution in [-0.2, 0) is 21.4 Å². The average molecular weight is 384 g/mol. The fourth-order valence-corrected chi connectivity index (χ4v) is 6.60. The lowest BCUT2D eigenvalue weighted by Crippen LogP contribution is -2.59. The van der Waals surface area contributed by atoms with Crippen LogP contribution in [0.3, 0.4) is 0 Å². The van der Waals surface area contributed by atoms with Gasteiger partial charge in [0.15, 0.2) is 0 Å². The molecule has 5 rings (SSSR count). The summed E-state index contributed by atoms with van der Waals surface area (Å²) in [4.78, 5) is 12.2. The summed E-state index contributed by atoms with van der Waals surface area (Å²) in [5, 5.41) is 3.79. The summed E-state index contributed by atoms with van der Waals surface area (Å²) in [6, 6.07) is 7.22. The topological polar surface area (TPSA) is 47.6 Å². The number of benzene rings is 1. The smallest absolute Gasteiger partial charge is 0.311 e. The Bertz CT molecular complexity index is 723. The van der Waals surface area contributed by atoms with Crippen molar-refractivity contribution in [3.8, 4) is 5.75 Å². The van der Waals surface area contributed by atoms with E-state index in [4.69, 9.17) is 9.47 Å². The molecule has 0 amide bonds. The second-order valence-corrected chi connectivity index (χ2v) is 9.40. The van der Waals surface area contributed by atoms with Crippen LogP contribution in [-0.4, -0.2) is 25.3 Å². The van der Waals surface area contributed by atoms with Crippen molar-refractivity contribution in [2.75, 3.05) is 13.3 Å². The molecule has 4 heteroatoms. The highest BCUT2D eigenvalue weighted by Gasteiger charge is 2.51. The largest absolute Gasteiger partial charge is 0.457 e. The van der Waals surface area contributed by atoms with Gasteiger partial charge in [0.2, 0.25) is 6.79 Å². The predicted octanol–water partition coefficient (Wildman–Crippen LogP) is 4.49. The van der Waals surface area contributed by atoms with Crippen LogP contribution in [0.25, 0.3) is 0 Å². The predicted molar refractivity (Wildman–Crippen MR) is 108 cm³/mol. The summed E-state index contributed by atoms with van der Waals surface area (Å²) in [7, 11) is 0. The quantitative estimate of drug-likeness (QED) is 0.615. The molecule has 1 heterocycles. The van der Waals surface area contributed by atoms with Crippen LogP contribution >= 0.6 is 0 Å². The van der Waals surface area contributed by atoms with Gasteiger partial charge in [-0.15, -0.1) is 0 Å². The van der Waals surface area contributed by atoms with Crippen LogP contribution in [0, 0.1) is 11.8 Å². The fourth-order valence-electron chi connectivity index (χ4n) is 6.60. The van der Waals surface area contributed by atoms with Gasteiger partial charge in [-0.3, -0.25) is 4.79 Å². The molecule has 152 valence electrons. The van der Waals surface area contributed by atoms with E-state index >= 15 is 0 Å². The van der Waals surface area contributed by atoms with E-state index in [2.05, 4.69) is 23.5 Å². The Labute approximate surface area is 168 Å². The van der Waals surface area contributed by atoms with Crippen molar-refractivity contribution in [1.29, 1.82) is 0 Å². The van der Waals surface area contributed by atoms with Gasteiger partial charge >= 0.3 is 5.97 Å². The van der Waals surface area contributed by atoms with Crippen molar-refractivity contribution >= 4 is 5.97 Å². The van der Waals surface area contributed by atoms with Gasteiger partial charge in [-0.2, -0.15) is 0 Å². The molecule has 3 atom stereocenters. The molecule has 28 heavy (non-hydrogen) atoms. The Morgan fingerprint density at radius 3 is 2.82 bits per heavy atom. The second-order valence-electron chi connectivity index (χ2n) is 9.40. The van der Waals surface area contributed by atoms with E-state index < -0.39 is 0 Å². The maximum atomic E-state index is 12.2. The fraction of sp³-hybridized carbons (Fsp3) is 0.708. The average Bonchev–Trinajstić information content (AvgIpc) is 2.74. The molecule has 1 aromatic rings. The van der Waals surface area contributed by atoms with Crippen molar-refractivity contribution in [3.63, 3.8) is 0 Å². The van der Waals surface area contributed by atoms with Gasteiger partial charge in [0.1, 0.15) is 5.75 Å². The number of carbonyl (C=O) groups is 1. The molecule has 1 N–H and O–H groups in total. The Morgan fingerprint density at radius 1 is 1.07 bits per heavy atom. The minimum Gasteiger partial charge on any atom is -0.457 e. The van der Waals surface area contributed by atoms with Gasteiger partial charge in [-0.05, 0) is 74.2 Å². The number of fused-ring (bicyclic) bond motifs is 1. The molecule has 1 aromatic carbocycles. The molecule has 2 saturated carbocycles. The third-order valence-electron chi connectivity index (χ3n) is 7.98. The van der Waals surface area contributed by atoms with Gasteiger partial charge in [0, 0.05) is 11.5 Å². The van der Waals surface area contributed by atoms with Gasteiger partial charge in [-0.1, -0.05) is 38.2 Å². The third-order valence-corrected chi connectivity index (χ3v) is 7.98. The van der Waals surface area contributed by atoms with E-state index in [1.807, 2.05) is 0 Å². The highest BCUT2D eigenvalue weighted by molar-refractivity contribution is 5.72. The SMILES string of the molecule is O=C(OCOc1ccc2c(c1)[C@@]13CCCC[C@@H]1[C@H](C2)NCC3)C1CCCCC1. The number of hydrogen-bond acceptors (Lipinski definition) is 4. The molecule has 0 radical (unpaired) electrons. The Kier molecular flexibility index (Phi) is 5.08. The lowest BCUT2D eigenvalue weighted by Gasteiger charge is -2.56. The number of esters is 1. The van der Waals surface area contributed by atoms with Crippen LogP contribution < -0.4 is 10.1 Å². The lowest BCUT2D eigenvalue weighted by atomic mass is 9.53. The van der Waals surface area contributed by atoms with Crippen LogP contribution in [0.1, 0.15) is 75.3 Å². The van der Waals surface area contributed by atoms with Crippen LogP contribution in [0.15, 0.2) is 18.2 Å². The third kappa shape index (κ3) is 3.24. The number of nitrogens with one attached hydrogen (secondary N) is 1. The number of piperidine rings is 1. The highest BCUT2D eigenvalue weighted by Crippen LogP contribution is 2.54. The molecule has 4 aliphatic rings. The van der Waals surface area contributed by atoms with Gasteiger partial charge < -0.3 is 14.8 Å². The van der Waals surface area contributed by atoms with Gasteiger partial charge in [0.05, 0.1) is 5.92 Å². The number of ether oxygens (including phenoxy) is 2. The minimum absolute atomic E-state index is 0.0364. The van der Waals surface area contributed by atoms with Gasteiger partial charge in [-0.25, -0.2) is 0 Å². The highest BCUT2D eigenvalue weighted by atomic mass is 16.7. The molecule has 0 aromatic heterocycles. The van der Waals surface area contributed by atoms with Crippen molar-refractivity contribution in [1.82, 2.24) is 5.32 Å². The number of rotatable bonds is 4. The van der Waals surface area contributed by atoms with Crippen molar-refractivity contribution in [3.05, 3.63) is 29.3 Å². The zero-order valence-corrected chi connectivity index (χ0v) is 16.9. The van der Waals surface area contributed by atoms with Crippen LogP contribution in [0.5, 0.6) is 5.75 Å². The van der Waals surface area contributed by atoms with E-state index in [-0.39, 0.29) is 18.7 Å². The Hall–Kier alpha value is -1.55. The van der Waals surface area contributed by atoms with E-state index in [1.165, 1.54) is 49.7 Å². The maximum absolute atomic E-state index is 12.2. The first-order valence-electron chi connectivity index (χ1n) is 11.4. The maximum Gasteiger partial charge on any atom is 0.311 e. The molecule has 0 unspecified atom stereocenters. The molecule has 4 nitrogen and oxygen atoms in total. The molecule has 0 spiro atoms. The molecule has 2 bridgehead atoms. The first kappa shape index (κ1) is 18.5. The summed E-state index contributed by atoms with van der Waals surface area (Å²) in [6.07, 6.45) is 13.2. The molecule has 1 saturated heterocycles. The molecular weight excluding hydrogens is 350 g/mol. The van der Waals surface area contributed by atoms with Crippen LogP contribution in [0.2, 0.25) is 0 Å². The summed E-state index contributed by atoms with van der Waals surface area (Å²) in [5.74, 6) is 1.62. The minimum atomic E-state index is -0.0789. The van der Waals surface area contributed by atoms with Crippen molar-refractivity contribution < 1.29 is 14.3 Å². The lowest BCUT2D eigenvalue weighted by molar-refractivity contribution is -0.156. The summed E-state index contributed by atoms with van der Waals surface area (Å²) in [6.45, 7) is 1.17. The van der Waals surface area contributed by atoms with Crippen molar-refractivity contribution in [2.24, 2.45) is 11.8 Å². The standard InChI is InChI=1S/C24H33NO3/c26-23(17-6-2-1-3-7-17)28-16-27-19-10-9-18-14-22-20-8-4-5-11-24(20,12-13-25-22)21(18)15-19/h9-10,15,17,20,22,25H,1-8,11-14,16H2/t20-,22+,24-/m1/s1. The summed E-state index contributed by atoms with van der Waals surface area (Å²) >= 11 is 0. The van der Waals surface area contributed by atoms with E-state index in [0.717, 1.165) is 50.3 Å². The molecular formula is C24H33NO3.